The molecular formula is C40H43N3O8S. The molecule has 1 fully saturated rings. The molecule has 3 aromatic carbocycles. The summed E-state index contributed by atoms with van der Waals surface area (Å²) in [6.07, 6.45) is 5.30. The van der Waals surface area contributed by atoms with Gasteiger partial charge in [-0.2, -0.15) is 0 Å². The highest BCUT2D eigenvalue weighted by atomic mass is 32.2. The minimum Gasteiger partial charge on any atom is -0.457 e. The Morgan fingerprint density at radius 2 is 1.46 bits per heavy atom. The Balaban J connectivity index is 0.904. The van der Waals surface area contributed by atoms with Crippen LogP contribution in [0.25, 0.3) is 0 Å². The smallest absolute Gasteiger partial charge is 0.363 e. The first-order chi connectivity index (χ1) is 25.2. The molecule has 3 amide bonds. The summed E-state index contributed by atoms with van der Waals surface area (Å²) in [4.78, 5) is 68.1. The number of nitrogens with zero attached hydrogens (tertiary/aromatic N) is 2. The summed E-state index contributed by atoms with van der Waals surface area (Å²) >= 11 is 1.25. The second-order valence-corrected chi connectivity index (χ2v) is 13.9. The van der Waals surface area contributed by atoms with Crippen LogP contribution in [0.1, 0.15) is 93.6 Å². The zero-order valence-electron chi connectivity index (χ0n) is 29.2. The Morgan fingerprint density at radius 1 is 0.808 bits per heavy atom. The maximum absolute atomic E-state index is 12.7. The first kappa shape index (κ1) is 38.3. The number of benzene rings is 3. The van der Waals surface area contributed by atoms with Crippen LogP contribution < -0.4 is 5.32 Å². The molecule has 1 N–H and O–H groups in total. The molecule has 11 nitrogen and oxygen atoms in total. The maximum atomic E-state index is 12.7. The third kappa shape index (κ3) is 11.8. The van der Waals surface area contributed by atoms with Crippen molar-refractivity contribution in [3.05, 3.63) is 107 Å². The Hall–Kier alpha value is -4.96. The predicted octanol–water partition coefficient (Wildman–Crippen LogP) is 6.30. The van der Waals surface area contributed by atoms with E-state index in [4.69, 9.17) is 13.8 Å². The molecule has 1 heterocycles. The molecule has 2 bridgehead atoms. The van der Waals surface area contributed by atoms with Gasteiger partial charge >= 0.3 is 11.9 Å². The van der Waals surface area contributed by atoms with E-state index in [1.54, 1.807) is 48.5 Å². The number of rotatable bonds is 17. The van der Waals surface area contributed by atoms with Crippen LogP contribution in [0.3, 0.4) is 0 Å². The van der Waals surface area contributed by atoms with Gasteiger partial charge < -0.3 is 14.9 Å². The lowest BCUT2D eigenvalue weighted by Crippen LogP contribution is -2.42. The van der Waals surface area contributed by atoms with Crippen LogP contribution in [0, 0.1) is 23.7 Å². The van der Waals surface area contributed by atoms with E-state index in [2.05, 4.69) is 17.2 Å². The average molecular weight is 726 g/mol. The first-order valence-electron chi connectivity index (χ1n) is 17.5. The number of esters is 1. The predicted molar refractivity (Wildman–Crippen MR) is 195 cm³/mol. The van der Waals surface area contributed by atoms with Gasteiger partial charge in [0.2, 0.25) is 0 Å². The normalized spacial score (nSPS) is 16.7. The fourth-order valence-corrected chi connectivity index (χ4v) is 6.39. The number of fused-ring (bicyclic) bond motifs is 2. The number of hydrogen-bond donors (Lipinski definition) is 1. The molecule has 0 spiro atoms. The van der Waals surface area contributed by atoms with E-state index in [9.17, 15) is 24.0 Å². The molecule has 1 saturated heterocycles. The van der Waals surface area contributed by atoms with Gasteiger partial charge in [0, 0.05) is 43.8 Å². The van der Waals surface area contributed by atoms with Crippen LogP contribution in [0.4, 0.5) is 0 Å². The molecule has 2 aliphatic rings. The van der Waals surface area contributed by atoms with E-state index < -0.39 is 23.8 Å². The summed E-state index contributed by atoms with van der Waals surface area (Å²) in [6.45, 7) is 1.90. The molecule has 0 radical (unpaired) electrons. The number of carbonyl (C=O) groups is 5. The number of carbonyl (C=O) groups excluding carboxylic acids is 5. The number of hydroxylamine groups is 2. The quantitative estimate of drug-likeness (QED) is 0.0423. The Bertz CT molecular complexity index is 1760. The maximum Gasteiger partial charge on any atom is 0.363 e. The van der Waals surface area contributed by atoms with E-state index in [1.165, 1.54) is 12.2 Å². The van der Waals surface area contributed by atoms with Crippen molar-refractivity contribution in [1.82, 2.24) is 14.7 Å². The summed E-state index contributed by atoms with van der Waals surface area (Å²) in [5.74, 6) is 3.58. The highest BCUT2D eigenvalue weighted by Gasteiger charge is 2.35. The monoisotopic (exact) mass is 725 g/mol. The number of imide groups is 1. The largest absolute Gasteiger partial charge is 0.457 e. The molecule has 0 saturated carbocycles. The first-order valence-corrected chi connectivity index (χ1v) is 18.2. The van der Waals surface area contributed by atoms with Crippen LogP contribution in [-0.4, -0.2) is 59.2 Å². The van der Waals surface area contributed by atoms with E-state index in [0.29, 0.717) is 42.2 Å². The van der Waals surface area contributed by atoms with E-state index >= 15 is 0 Å². The zero-order valence-corrected chi connectivity index (χ0v) is 30.0. The van der Waals surface area contributed by atoms with Crippen molar-refractivity contribution in [2.75, 3.05) is 20.1 Å². The van der Waals surface area contributed by atoms with Crippen molar-refractivity contribution in [1.29, 1.82) is 0 Å². The fraction of sp³-hybridized carbons (Fsp3) is 0.375. The van der Waals surface area contributed by atoms with Crippen LogP contribution in [0.2, 0.25) is 0 Å². The summed E-state index contributed by atoms with van der Waals surface area (Å²) in [5.41, 5.74) is 2.87. The van der Waals surface area contributed by atoms with E-state index in [0.717, 1.165) is 43.4 Å². The number of nitrogens with one attached hydrogen (secondary N) is 1. The summed E-state index contributed by atoms with van der Waals surface area (Å²) < 4.78 is 13.1. The summed E-state index contributed by atoms with van der Waals surface area (Å²) in [5, 5.41) is 3.55. The van der Waals surface area contributed by atoms with Gasteiger partial charge in [0.05, 0.1) is 30.0 Å². The molecule has 0 aromatic heterocycles. The van der Waals surface area contributed by atoms with Crippen molar-refractivity contribution >= 4 is 41.9 Å². The van der Waals surface area contributed by atoms with Gasteiger partial charge in [-0.3, -0.25) is 18.6 Å². The van der Waals surface area contributed by atoms with Gasteiger partial charge in [-0.05, 0) is 79.8 Å². The van der Waals surface area contributed by atoms with Crippen molar-refractivity contribution in [2.45, 2.75) is 64.6 Å². The topological polar surface area (TPSA) is 132 Å². The lowest BCUT2D eigenvalue weighted by Gasteiger charge is -2.28. The molecule has 272 valence electrons. The molecule has 12 heteroatoms. The van der Waals surface area contributed by atoms with Gasteiger partial charge in [0.15, 0.2) is 0 Å². The number of hydrogen-bond acceptors (Lipinski definition) is 10. The van der Waals surface area contributed by atoms with Crippen LogP contribution >= 0.6 is 12.2 Å². The second-order valence-electron chi connectivity index (χ2n) is 12.9. The van der Waals surface area contributed by atoms with Crippen molar-refractivity contribution in [3.63, 3.8) is 0 Å². The average Bonchev–Trinajstić information content (AvgIpc) is 3.16. The van der Waals surface area contributed by atoms with E-state index in [1.807, 2.05) is 41.7 Å². The van der Waals surface area contributed by atoms with E-state index in [-0.39, 0.29) is 42.8 Å². The summed E-state index contributed by atoms with van der Waals surface area (Å²) in [7, 11) is 1.95. The minimum absolute atomic E-state index is 0.0564. The lowest BCUT2D eigenvalue weighted by atomic mass is 9.83. The molecule has 3 aromatic rings. The molecule has 2 unspecified atom stereocenters. The molecule has 1 aliphatic heterocycles. The third-order valence-electron chi connectivity index (χ3n) is 8.70. The standard InChI is InChI=1S/C40H43N3O8S/c1-42(23-8-3-2-7-22-41-38(46)33-18-20-34(21-19-33)39(47)49-27-29-10-5-4-6-11-29)52-50-28-30-14-16-35(17-15-30)40(48)51-43-36(44)25-31-12-9-13-32(24-31)26-37(43)45/h4-6,10-11,14-21,31-32H,2-3,7-8,12,22-28H2,1H3,(H,41,46). The van der Waals surface area contributed by atoms with Gasteiger partial charge in [0.25, 0.3) is 17.7 Å². The van der Waals surface area contributed by atoms with Gasteiger partial charge in [0.1, 0.15) is 6.61 Å². The Kier molecular flexibility index (Phi) is 14.4. The summed E-state index contributed by atoms with van der Waals surface area (Å²) in [6, 6.07) is 22.6. The van der Waals surface area contributed by atoms with Crippen molar-refractivity contribution < 1.29 is 37.7 Å². The minimum atomic E-state index is -0.771. The molecule has 1 aliphatic carbocycles. The molecule has 5 rings (SSSR count). The number of amides is 3. The molecular weight excluding hydrogens is 683 g/mol. The SMILES string of the molecule is CN(CCCCCCNC(=O)c1ccc(C(=O)OCc2ccccc2)cc1)SOCc1ccc(C(=O)ON2C(=O)CC3C#CCC(CC2=O)C3)cc1. The van der Waals surface area contributed by atoms with Crippen molar-refractivity contribution in [3.8, 4) is 11.8 Å². The van der Waals surface area contributed by atoms with Crippen LogP contribution in [0.15, 0.2) is 78.9 Å². The van der Waals surface area contributed by atoms with Gasteiger partial charge in [-0.1, -0.05) is 61.2 Å². The Morgan fingerprint density at radius 3 is 2.23 bits per heavy atom. The van der Waals surface area contributed by atoms with Gasteiger partial charge in [-0.25, -0.2) is 13.9 Å². The number of ether oxygens (including phenoxy) is 1. The zero-order chi connectivity index (χ0) is 36.7. The highest BCUT2D eigenvalue weighted by molar-refractivity contribution is 7.92. The van der Waals surface area contributed by atoms with Crippen LogP contribution in [-0.2, 0) is 36.6 Å². The Labute approximate surface area is 308 Å². The van der Waals surface area contributed by atoms with Crippen LogP contribution in [0.5, 0.6) is 0 Å². The lowest BCUT2D eigenvalue weighted by molar-refractivity contribution is -0.182. The van der Waals surface area contributed by atoms with Gasteiger partial charge in [-0.15, -0.1) is 11.0 Å². The molecule has 2 atom stereocenters. The fourth-order valence-electron chi connectivity index (χ4n) is 5.82. The third-order valence-corrected chi connectivity index (χ3v) is 9.36. The van der Waals surface area contributed by atoms with Crippen molar-refractivity contribution in [2.24, 2.45) is 11.8 Å². The second kappa shape index (κ2) is 19.6. The number of unbranched alkanes of at least 4 members (excludes halogenated alkanes) is 3. The highest BCUT2D eigenvalue weighted by Crippen LogP contribution is 2.29. The molecule has 52 heavy (non-hydrogen) atoms.